The zero-order valence-corrected chi connectivity index (χ0v) is 13.9. The molecule has 0 radical (unpaired) electrons. The Hall–Kier alpha value is -3.43. The molecule has 0 unspecified atom stereocenters. The summed E-state index contributed by atoms with van der Waals surface area (Å²) in [5.41, 5.74) is 2.92. The average Bonchev–Trinajstić information content (AvgIpc) is 2.95. The third-order valence-corrected chi connectivity index (χ3v) is 3.35. The number of hydrogen-bond acceptors (Lipinski definition) is 7. The summed E-state index contributed by atoms with van der Waals surface area (Å²) in [5, 5.41) is 14.8. The number of aromatic nitrogens is 2. The van der Waals surface area contributed by atoms with Gasteiger partial charge in [-0.15, -0.1) is 0 Å². The van der Waals surface area contributed by atoms with E-state index in [2.05, 4.69) is 15.5 Å². The summed E-state index contributed by atoms with van der Waals surface area (Å²) in [4.78, 5) is 26.1. The van der Waals surface area contributed by atoms with Crippen molar-refractivity contribution in [3.8, 4) is 11.5 Å². The molecule has 10 nitrogen and oxygen atoms in total. The Morgan fingerprint density at radius 2 is 2.20 bits per heavy atom. The number of rotatable bonds is 7. The molecule has 0 aliphatic rings. The Bertz CT molecular complexity index is 815. The van der Waals surface area contributed by atoms with Gasteiger partial charge in [0.15, 0.2) is 23.9 Å². The molecule has 1 heterocycles. The van der Waals surface area contributed by atoms with Gasteiger partial charge in [-0.05, 0) is 17.1 Å². The highest BCUT2D eigenvalue weighted by Gasteiger charge is 2.19. The maximum atomic E-state index is 12.0. The molecular weight excluding hydrogens is 330 g/mol. The fraction of sp³-hybridized carbons (Fsp3) is 0.267. The van der Waals surface area contributed by atoms with Crippen LogP contribution >= 0.6 is 0 Å². The van der Waals surface area contributed by atoms with Crippen molar-refractivity contribution in [3.63, 3.8) is 0 Å². The largest absolute Gasteiger partial charge is 0.493 e. The van der Waals surface area contributed by atoms with Crippen molar-refractivity contribution in [1.29, 1.82) is 0 Å². The molecule has 132 valence electrons. The van der Waals surface area contributed by atoms with Crippen molar-refractivity contribution in [2.75, 3.05) is 14.2 Å². The number of benzene rings is 1. The number of imidazole rings is 1. The summed E-state index contributed by atoms with van der Waals surface area (Å²) >= 11 is 0. The highest BCUT2D eigenvalue weighted by molar-refractivity contribution is 5.86. The van der Waals surface area contributed by atoms with Gasteiger partial charge in [-0.25, -0.2) is 15.0 Å². The minimum absolute atomic E-state index is 0.258. The molecule has 0 fully saturated rings. The van der Waals surface area contributed by atoms with Gasteiger partial charge in [-0.3, -0.25) is 4.79 Å². The monoisotopic (exact) mass is 347 g/mol. The van der Waals surface area contributed by atoms with Gasteiger partial charge < -0.3 is 19.6 Å². The lowest BCUT2D eigenvalue weighted by molar-refractivity contribution is -0.392. The van der Waals surface area contributed by atoms with E-state index in [4.69, 9.17) is 9.47 Å². The summed E-state index contributed by atoms with van der Waals surface area (Å²) in [6, 6.07) is 5.22. The van der Waals surface area contributed by atoms with Gasteiger partial charge in [0.1, 0.15) is 6.20 Å². The standard InChI is InChI=1S/C15H17N5O5/c1-10-16-8-14(20(22)23)19(10)9-13(21)18-17-7-11-5-4-6-12(24-2)15(11)25-3/h4-8H,9H2,1-3H3,(H,18,21)/b17-7+. The zero-order chi connectivity index (χ0) is 18.4. The van der Waals surface area contributed by atoms with Crippen molar-refractivity contribution >= 4 is 17.9 Å². The number of hydrogen-bond donors (Lipinski definition) is 1. The summed E-state index contributed by atoms with van der Waals surface area (Å²) in [6.07, 6.45) is 2.50. The van der Waals surface area contributed by atoms with E-state index in [0.29, 0.717) is 22.9 Å². The van der Waals surface area contributed by atoms with Gasteiger partial charge in [0.25, 0.3) is 5.91 Å². The second kappa shape index (κ2) is 7.90. The Balaban J connectivity index is 2.07. The van der Waals surface area contributed by atoms with Crippen LogP contribution in [0.2, 0.25) is 0 Å². The summed E-state index contributed by atoms with van der Waals surface area (Å²) < 4.78 is 11.6. The van der Waals surface area contributed by atoms with Crippen LogP contribution in [0.1, 0.15) is 11.4 Å². The molecule has 0 saturated heterocycles. The third-order valence-electron chi connectivity index (χ3n) is 3.35. The van der Waals surface area contributed by atoms with E-state index in [-0.39, 0.29) is 12.4 Å². The number of aryl methyl sites for hydroxylation is 1. The first kappa shape index (κ1) is 17.9. The number of amides is 1. The molecule has 2 aromatic rings. The molecule has 10 heteroatoms. The van der Waals surface area contributed by atoms with Gasteiger partial charge in [0.2, 0.25) is 0 Å². The first-order chi connectivity index (χ1) is 12.0. The van der Waals surface area contributed by atoms with Crippen molar-refractivity contribution < 1.29 is 19.2 Å². The van der Waals surface area contributed by atoms with Gasteiger partial charge in [0, 0.05) is 12.5 Å². The van der Waals surface area contributed by atoms with Crippen LogP contribution in [-0.4, -0.2) is 40.8 Å². The number of carbonyl (C=O) groups excluding carboxylic acids is 1. The second-order valence-corrected chi connectivity index (χ2v) is 4.88. The summed E-state index contributed by atoms with van der Waals surface area (Å²) in [5.74, 6) is 0.584. The molecule has 0 aliphatic carbocycles. The third kappa shape index (κ3) is 4.10. The predicted molar refractivity (Wildman–Crippen MR) is 88.9 cm³/mol. The number of para-hydroxylation sites is 1. The average molecular weight is 347 g/mol. The van der Waals surface area contributed by atoms with E-state index >= 15 is 0 Å². The molecule has 0 spiro atoms. The van der Waals surface area contributed by atoms with E-state index in [1.165, 1.54) is 25.0 Å². The zero-order valence-electron chi connectivity index (χ0n) is 13.9. The molecule has 2 rings (SSSR count). The van der Waals surface area contributed by atoms with Crippen LogP contribution in [0.25, 0.3) is 0 Å². The summed E-state index contributed by atoms with van der Waals surface area (Å²) in [6.45, 7) is 1.30. The molecule has 1 aromatic carbocycles. The fourth-order valence-electron chi connectivity index (χ4n) is 2.16. The first-order valence-corrected chi connectivity index (χ1v) is 7.17. The summed E-state index contributed by atoms with van der Waals surface area (Å²) in [7, 11) is 3.01. The Morgan fingerprint density at radius 3 is 2.84 bits per heavy atom. The van der Waals surface area contributed by atoms with Crippen LogP contribution in [0, 0.1) is 17.0 Å². The number of nitrogens with zero attached hydrogens (tertiary/aromatic N) is 4. The molecule has 1 amide bonds. The Labute approximate surface area is 143 Å². The Kier molecular flexibility index (Phi) is 5.66. The number of ether oxygens (including phenoxy) is 2. The van der Waals surface area contributed by atoms with Crippen molar-refractivity contribution in [2.45, 2.75) is 13.5 Å². The second-order valence-electron chi connectivity index (χ2n) is 4.88. The number of carbonyl (C=O) groups is 1. The maximum Gasteiger partial charge on any atom is 0.343 e. The van der Waals surface area contributed by atoms with Crippen molar-refractivity contribution in [1.82, 2.24) is 15.0 Å². The number of nitrogens with one attached hydrogen (secondary N) is 1. The predicted octanol–water partition coefficient (Wildman–Crippen LogP) is 1.27. The van der Waals surface area contributed by atoms with Crippen LogP contribution in [-0.2, 0) is 11.3 Å². The highest BCUT2D eigenvalue weighted by atomic mass is 16.6. The topological polar surface area (TPSA) is 121 Å². The number of hydrazone groups is 1. The minimum atomic E-state index is -0.600. The van der Waals surface area contributed by atoms with E-state index in [9.17, 15) is 14.9 Å². The smallest absolute Gasteiger partial charge is 0.343 e. The quantitative estimate of drug-likeness (QED) is 0.457. The van der Waals surface area contributed by atoms with E-state index in [1.807, 2.05) is 0 Å². The van der Waals surface area contributed by atoms with Crippen LogP contribution < -0.4 is 14.9 Å². The van der Waals surface area contributed by atoms with E-state index in [1.54, 1.807) is 25.1 Å². The lowest BCUT2D eigenvalue weighted by atomic mass is 10.2. The normalized spacial score (nSPS) is 10.7. The molecule has 25 heavy (non-hydrogen) atoms. The van der Waals surface area contributed by atoms with Crippen LogP contribution in [0.3, 0.4) is 0 Å². The molecule has 0 aliphatic heterocycles. The van der Waals surface area contributed by atoms with Crippen LogP contribution in [0.5, 0.6) is 11.5 Å². The lowest BCUT2D eigenvalue weighted by Gasteiger charge is -2.09. The van der Waals surface area contributed by atoms with Crippen LogP contribution in [0.15, 0.2) is 29.5 Å². The fourth-order valence-corrected chi connectivity index (χ4v) is 2.16. The highest BCUT2D eigenvalue weighted by Crippen LogP contribution is 2.29. The van der Waals surface area contributed by atoms with E-state index < -0.39 is 10.8 Å². The van der Waals surface area contributed by atoms with Gasteiger partial charge >= 0.3 is 5.82 Å². The molecule has 0 saturated carbocycles. The van der Waals surface area contributed by atoms with Gasteiger partial charge in [-0.2, -0.15) is 5.10 Å². The van der Waals surface area contributed by atoms with Gasteiger partial charge in [0.05, 0.1) is 20.4 Å². The maximum absolute atomic E-state index is 12.0. The molecule has 0 bridgehead atoms. The molecular formula is C15H17N5O5. The molecule has 1 N–H and O–H groups in total. The molecule has 1 aromatic heterocycles. The lowest BCUT2D eigenvalue weighted by Crippen LogP contribution is -2.24. The van der Waals surface area contributed by atoms with Crippen molar-refractivity contribution in [2.24, 2.45) is 5.10 Å². The number of nitro groups is 1. The van der Waals surface area contributed by atoms with Crippen molar-refractivity contribution in [3.05, 3.63) is 45.9 Å². The molecule has 0 atom stereocenters. The minimum Gasteiger partial charge on any atom is -0.493 e. The van der Waals surface area contributed by atoms with Gasteiger partial charge in [-0.1, -0.05) is 6.07 Å². The number of methoxy groups -OCH3 is 2. The first-order valence-electron chi connectivity index (χ1n) is 7.17. The Morgan fingerprint density at radius 1 is 1.44 bits per heavy atom. The van der Waals surface area contributed by atoms with E-state index in [0.717, 1.165) is 6.20 Å². The SMILES string of the molecule is COc1cccc(/C=N/NC(=O)Cn2c([N+](=O)[O-])cnc2C)c1OC. The van der Waals surface area contributed by atoms with Crippen LogP contribution in [0.4, 0.5) is 5.82 Å².